The second-order valence-electron chi connectivity index (χ2n) is 6.10. The summed E-state index contributed by atoms with van der Waals surface area (Å²) in [6, 6.07) is 0. The zero-order valence-corrected chi connectivity index (χ0v) is 11.4. The molecule has 0 radical (unpaired) electrons. The summed E-state index contributed by atoms with van der Waals surface area (Å²) < 4.78 is 11.1. The number of hydrogen-bond donors (Lipinski definition) is 1. The first-order valence-electron chi connectivity index (χ1n) is 6.85. The molecule has 3 aliphatic rings. The molecular formula is C15H20O4. The van der Waals surface area contributed by atoms with E-state index in [2.05, 4.69) is 6.58 Å². The van der Waals surface area contributed by atoms with Gasteiger partial charge in [0.2, 0.25) is 0 Å². The van der Waals surface area contributed by atoms with Gasteiger partial charge in [-0.3, -0.25) is 0 Å². The van der Waals surface area contributed by atoms with E-state index in [1.165, 1.54) is 0 Å². The molecule has 1 N–H and O–H groups in total. The van der Waals surface area contributed by atoms with E-state index in [-0.39, 0.29) is 24.1 Å². The number of fused-ring (bicyclic) bond motifs is 2. The van der Waals surface area contributed by atoms with Gasteiger partial charge in [0.15, 0.2) is 0 Å². The molecular weight excluding hydrogens is 244 g/mol. The Bertz CT molecular complexity index is 467. The van der Waals surface area contributed by atoms with E-state index in [0.29, 0.717) is 18.4 Å². The first kappa shape index (κ1) is 12.9. The molecule has 0 aromatic carbocycles. The Morgan fingerprint density at radius 1 is 1.58 bits per heavy atom. The fourth-order valence-corrected chi connectivity index (χ4v) is 3.16. The maximum atomic E-state index is 11.8. The second-order valence-corrected chi connectivity index (χ2v) is 6.10. The van der Waals surface area contributed by atoms with Crippen LogP contribution in [0.3, 0.4) is 0 Å². The number of carbonyl (C=O) groups excluding carboxylic acids is 1. The Balaban J connectivity index is 1.90. The Hall–Kier alpha value is -1.13. The van der Waals surface area contributed by atoms with Crippen LogP contribution >= 0.6 is 0 Å². The van der Waals surface area contributed by atoms with Crippen LogP contribution in [0, 0.1) is 5.92 Å². The van der Waals surface area contributed by atoms with Gasteiger partial charge in [0.25, 0.3) is 0 Å². The fourth-order valence-electron chi connectivity index (χ4n) is 3.16. The zero-order valence-electron chi connectivity index (χ0n) is 11.4. The van der Waals surface area contributed by atoms with Crippen LogP contribution in [0.15, 0.2) is 23.8 Å². The minimum absolute atomic E-state index is 0.0263. The fraction of sp³-hybridized carbons (Fsp3) is 0.667. The lowest BCUT2D eigenvalue weighted by Crippen LogP contribution is -2.31. The van der Waals surface area contributed by atoms with Gasteiger partial charge in [0.05, 0.1) is 12.2 Å². The van der Waals surface area contributed by atoms with Crippen LogP contribution in [0.25, 0.3) is 0 Å². The van der Waals surface area contributed by atoms with Crippen LogP contribution in [-0.2, 0) is 14.3 Å². The predicted molar refractivity (Wildman–Crippen MR) is 69.4 cm³/mol. The van der Waals surface area contributed by atoms with Crippen molar-refractivity contribution in [2.45, 2.75) is 57.0 Å². The van der Waals surface area contributed by atoms with Gasteiger partial charge < -0.3 is 14.6 Å². The van der Waals surface area contributed by atoms with Crippen molar-refractivity contribution in [1.82, 2.24) is 0 Å². The number of aliphatic hydroxyl groups is 1. The number of rotatable bonds is 1. The molecule has 19 heavy (non-hydrogen) atoms. The topological polar surface area (TPSA) is 59.1 Å². The average Bonchev–Trinajstić information content (AvgIpc) is 2.87. The average molecular weight is 264 g/mol. The van der Waals surface area contributed by atoms with Crippen molar-refractivity contribution in [3.8, 4) is 0 Å². The SMILES string of the molecule is C=C(C)C1CC2OC2(C)C(O)CCC2=CC1OC2=O. The Morgan fingerprint density at radius 3 is 3.00 bits per heavy atom. The minimum atomic E-state index is -0.533. The standard InChI is InChI=1S/C15H20O4/c1-8(2)10-7-13-15(3,19-13)12(16)5-4-9-6-11(10)18-14(9)17/h6,10-13,16H,1,4-5,7H2,2-3H3. The summed E-state index contributed by atoms with van der Waals surface area (Å²) in [4.78, 5) is 11.8. The van der Waals surface area contributed by atoms with Crippen molar-refractivity contribution in [3.63, 3.8) is 0 Å². The smallest absolute Gasteiger partial charge is 0.334 e. The Labute approximate surface area is 113 Å². The first-order valence-corrected chi connectivity index (χ1v) is 6.85. The van der Waals surface area contributed by atoms with Crippen molar-refractivity contribution in [1.29, 1.82) is 0 Å². The third-order valence-corrected chi connectivity index (χ3v) is 4.70. The molecule has 3 rings (SSSR count). The van der Waals surface area contributed by atoms with Crippen molar-refractivity contribution in [2.75, 3.05) is 0 Å². The van der Waals surface area contributed by atoms with E-state index in [1.54, 1.807) is 0 Å². The summed E-state index contributed by atoms with van der Waals surface area (Å²) in [7, 11) is 0. The van der Waals surface area contributed by atoms with Crippen LogP contribution in [0.1, 0.15) is 33.1 Å². The predicted octanol–water partition coefficient (Wildman–Crippen LogP) is 1.73. The van der Waals surface area contributed by atoms with Crippen LogP contribution < -0.4 is 0 Å². The highest BCUT2D eigenvalue weighted by molar-refractivity contribution is 5.91. The number of esters is 1. The molecule has 1 saturated heterocycles. The molecule has 0 aromatic rings. The molecule has 5 atom stereocenters. The van der Waals surface area contributed by atoms with Crippen LogP contribution in [-0.4, -0.2) is 35.0 Å². The summed E-state index contributed by atoms with van der Waals surface area (Å²) in [5, 5.41) is 10.2. The molecule has 0 saturated carbocycles. The highest BCUT2D eigenvalue weighted by Gasteiger charge is 2.58. The summed E-state index contributed by atoms with van der Waals surface area (Å²) in [5.74, 6) is -0.177. The molecule has 2 aliphatic heterocycles. The molecule has 1 aliphatic carbocycles. The molecule has 4 heteroatoms. The van der Waals surface area contributed by atoms with Crippen LogP contribution in [0.5, 0.6) is 0 Å². The van der Waals surface area contributed by atoms with Crippen LogP contribution in [0.2, 0.25) is 0 Å². The summed E-state index contributed by atoms with van der Waals surface area (Å²) in [6.45, 7) is 7.90. The van der Waals surface area contributed by atoms with Crippen molar-refractivity contribution in [2.24, 2.45) is 5.92 Å². The largest absolute Gasteiger partial charge is 0.454 e. The van der Waals surface area contributed by atoms with Crippen molar-refractivity contribution in [3.05, 3.63) is 23.8 Å². The highest BCUT2D eigenvalue weighted by Crippen LogP contribution is 2.47. The normalized spacial score (nSPS) is 45.0. The molecule has 1 fully saturated rings. The lowest BCUT2D eigenvalue weighted by atomic mass is 9.84. The molecule has 0 amide bonds. The number of ether oxygens (including phenoxy) is 2. The quantitative estimate of drug-likeness (QED) is 0.445. The van der Waals surface area contributed by atoms with E-state index in [9.17, 15) is 9.90 Å². The lowest BCUT2D eigenvalue weighted by Gasteiger charge is -2.22. The highest BCUT2D eigenvalue weighted by atomic mass is 16.6. The molecule has 2 bridgehead atoms. The van der Waals surface area contributed by atoms with Gasteiger partial charge in [0.1, 0.15) is 11.7 Å². The van der Waals surface area contributed by atoms with Crippen molar-refractivity contribution >= 4 is 5.97 Å². The van der Waals surface area contributed by atoms with E-state index in [1.807, 2.05) is 19.9 Å². The summed E-state index contributed by atoms with van der Waals surface area (Å²) in [5.41, 5.74) is 1.20. The van der Waals surface area contributed by atoms with E-state index in [4.69, 9.17) is 9.47 Å². The lowest BCUT2D eigenvalue weighted by molar-refractivity contribution is -0.141. The first-order chi connectivity index (χ1) is 8.91. The molecule has 0 aromatic heterocycles. The van der Waals surface area contributed by atoms with Gasteiger partial charge in [-0.2, -0.15) is 0 Å². The van der Waals surface area contributed by atoms with Gasteiger partial charge in [-0.05, 0) is 39.2 Å². The number of carbonyl (C=O) groups is 1. The molecule has 4 nitrogen and oxygen atoms in total. The van der Waals surface area contributed by atoms with E-state index in [0.717, 1.165) is 12.0 Å². The monoisotopic (exact) mass is 264 g/mol. The van der Waals surface area contributed by atoms with Crippen molar-refractivity contribution < 1.29 is 19.4 Å². The zero-order chi connectivity index (χ0) is 13.8. The second kappa shape index (κ2) is 4.18. The molecule has 2 heterocycles. The molecule has 5 unspecified atom stereocenters. The number of hydrogen-bond acceptors (Lipinski definition) is 4. The third kappa shape index (κ3) is 2.03. The maximum Gasteiger partial charge on any atom is 0.334 e. The van der Waals surface area contributed by atoms with E-state index >= 15 is 0 Å². The molecule has 0 spiro atoms. The number of aliphatic hydroxyl groups excluding tert-OH is 1. The van der Waals surface area contributed by atoms with Gasteiger partial charge >= 0.3 is 5.97 Å². The van der Waals surface area contributed by atoms with Gasteiger partial charge in [-0.15, -0.1) is 0 Å². The summed E-state index contributed by atoms with van der Waals surface area (Å²) in [6.07, 6.45) is 3.00. The Kier molecular flexibility index (Phi) is 2.84. The molecule has 104 valence electrons. The Morgan fingerprint density at radius 2 is 2.32 bits per heavy atom. The van der Waals surface area contributed by atoms with Gasteiger partial charge in [-0.1, -0.05) is 12.2 Å². The number of epoxide rings is 1. The van der Waals surface area contributed by atoms with Crippen LogP contribution in [0.4, 0.5) is 0 Å². The third-order valence-electron chi connectivity index (χ3n) is 4.70. The van der Waals surface area contributed by atoms with Gasteiger partial charge in [0, 0.05) is 11.5 Å². The van der Waals surface area contributed by atoms with E-state index < -0.39 is 11.7 Å². The maximum absolute atomic E-state index is 11.8. The summed E-state index contributed by atoms with van der Waals surface area (Å²) >= 11 is 0. The van der Waals surface area contributed by atoms with Gasteiger partial charge in [-0.25, -0.2) is 4.79 Å². The minimum Gasteiger partial charge on any atom is -0.454 e.